The largest absolute Gasteiger partial charge is 0.289 e. The van der Waals surface area contributed by atoms with Crippen LogP contribution in [0.2, 0.25) is 0 Å². The van der Waals surface area contributed by atoms with Gasteiger partial charge in [-0.3, -0.25) is 4.79 Å². The minimum atomic E-state index is 0.0926. The molecule has 0 saturated heterocycles. The zero-order chi connectivity index (χ0) is 12.7. The summed E-state index contributed by atoms with van der Waals surface area (Å²) in [5, 5.41) is 3.47. The Hall–Kier alpha value is -1.67. The van der Waals surface area contributed by atoms with Crippen molar-refractivity contribution >= 4 is 37.5 Å². The number of benzene rings is 2. The molecule has 88 valence electrons. The van der Waals surface area contributed by atoms with Crippen LogP contribution in [-0.4, -0.2) is 0 Å². The lowest BCUT2D eigenvalue weighted by molar-refractivity contribution is 1.51. The molecule has 0 fully saturated rings. The number of hydrogen-bond acceptors (Lipinski definition) is 1. The fraction of sp³-hybridized carbons (Fsp3) is 0.0625. The second-order valence-corrected chi connectivity index (χ2v) is 5.31. The Bertz CT molecular complexity index is 815. The topological polar surface area (TPSA) is 17.1 Å². The molecular weight excluding hydrogens is 288 g/mol. The van der Waals surface area contributed by atoms with Crippen molar-refractivity contribution < 1.29 is 0 Å². The Morgan fingerprint density at radius 2 is 1.67 bits per heavy atom. The summed E-state index contributed by atoms with van der Waals surface area (Å²) in [4.78, 5) is 12.6. The fourth-order valence-corrected chi connectivity index (χ4v) is 2.73. The highest BCUT2D eigenvalue weighted by Gasteiger charge is 2.04. The summed E-state index contributed by atoms with van der Waals surface area (Å²) < 4.78 is 0.953. The normalized spacial score (nSPS) is 11.0. The maximum Gasteiger partial charge on any atom is 0.194 e. The Morgan fingerprint density at radius 3 is 2.50 bits per heavy atom. The van der Waals surface area contributed by atoms with E-state index in [4.69, 9.17) is 0 Å². The van der Waals surface area contributed by atoms with E-state index in [9.17, 15) is 4.79 Å². The zero-order valence-electron chi connectivity index (χ0n) is 9.91. The fourth-order valence-electron chi connectivity index (χ4n) is 2.23. The summed E-state index contributed by atoms with van der Waals surface area (Å²) in [6, 6.07) is 15.7. The molecule has 0 unspecified atom stereocenters. The number of halogens is 1. The maximum atomic E-state index is 12.6. The van der Waals surface area contributed by atoms with Gasteiger partial charge in [-0.05, 0) is 29.8 Å². The first-order valence-electron chi connectivity index (χ1n) is 5.79. The third kappa shape index (κ3) is 1.73. The quantitative estimate of drug-likeness (QED) is 0.600. The summed E-state index contributed by atoms with van der Waals surface area (Å²) in [5.74, 6) is 0. The van der Waals surface area contributed by atoms with Crippen LogP contribution >= 0.6 is 15.9 Å². The minimum absolute atomic E-state index is 0.0926. The van der Waals surface area contributed by atoms with Crippen LogP contribution in [0.3, 0.4) is 0 Å². The van der Waals surface area contributed by atoms with Crippen LogP contribution in [0.15, 0.2) is 57.8 Å². The lowest BCUT2D eigenvalue weighted by atomic mass is 10.1. The van der Waals surface area contributed by atoms with Crippen molar-refractivity contribution in [2.75, 3.05) is 0 Å². The van der Waals surface area contributed by atoms with Crippen LogP contribution in [0.4, 0.5) is 0 Å². The number of fused-ring (bicyclic) bond motifs is 2. The van der Waals surface area contributed by atoms with Crippen LogP contribution in [0.5, 0.6) is 0 Å². The van der Waals surface area contributed by atoms with E-state index < -0.39 is 0 Å². The van der Waals surface area contributed by atoms with E-state index in [1.54, 1.807) is 0 Å². The van der Waals surface area contributed by atoms with Gasteiger partial charge in [0.1, 0.15) is 0 Å². The van der Waals surface area contributed by atoms with Crippen LogP contribution < -0.4 is 5.43 Å². The minimum Gasteiger partial charge on any atom is -0.289 e. The maximum absolute atomic E-state index is 12.6. The third-order valence-corrected chi connectivity index (χ3v) is 3.87. The molecular formula is C16H11BrO. The first kappa shape index (κ1) is 11.4. The van der Waals surface area contributed by atoms with Crippen LogP contribution in [0.25, 0.3) is 21.5 Å². The van der Waals surface area contributed by atoms with Gasteiger partial charge in [-0.25, -0.2) is 0 Å². The van der Waals surface area contributed by atoms with Crippen molar-refractivity contribution in [1.82, 2.24) is 0 Å². The molecule has 0 radical (unpaired) electrons. The Morgan fingerprint density at radius 1 is 0.889 bits per heavy atom. The monoisotopic (exact) mass is 298 g/mol. The molecule has 0 aliphatic carbocycles. The molecule has 18 heavy (non-hydrogen) atoms. The average molecular weight is 299 g/mol. The Kier molecular flexibility index (Phi) is 2.67. The lowest BCUT2D eigenvalue weighted by Crippen LogP contribution is -1.98. The van der Waals surface area contributed by atoms with Crippen molar-refractivity contribution in [1.29, 1.82) is 0 Å². The highest BCUT2D eigenvalue weighted by atomic mass is 79.9. The van der Waals surface area contributed by atoms with Crippen LogP contribution in [-0.2, 0) is 0 Å². The van der Waals surface area contributed by atoms with Crippen LogP contribution in [0.1, 0.15) is 5.56 Å². The van der Waals surface area contributed by atoms with Crippen molar-refractivity contribution in [2.24, 2.45) is 0 Å². The highest BCUT2D eigenvalue weighted by molar-refractivity contribution is 9.10. The number of aryl methyl sites for hydroxylation is 1. The van der Waals surface area contributed by atoms with Gasteiger partial charge in [-0.1, -0.05) is 57.9 Å². The molecule has 2 heteroatoms. The molecule has 0 spiro atoms. The van der Waals surface area contributed by atoms with Gasteiger partial charge in [0.2, 0.25) is 0 Å². The SMILES string of the molecule is Cc1ccc2ccc3c(Br)cccc3c(=O)c2c1. The summed E-state index contributed by atoms with van der Waals surface area (Å²) in [6.45, 7) is 2.00. The molecule has 1 nitrogen and oxygen atoms in total. The first-order valence-corrected chi connectivity index (χ1v) is 6.58. The van der Waals surface area contributed by atoms with E-state index >= 15 is 0 Å². The summed E-state index contributed by atoms with van der Waals surface area (Å²) in [7, 11) is 0. The highest BCUT2D eigenvalue weighted by Crippen LogP contribution is 2.23. The standard InChI is InChI=1S/C16H11BrO/c1-10-5-6-11-7-8-12-13(3-2-4-15(12)17)16(18)14(11)9-10/h2-9H,1H3. The van der Waals surface area contributed by atoms with Crippen molar-refractivity contribution in [3.63, 3.8) is 0 Å². The third-order valence-electron chi connectivity index (χ3n) is 3.18. The predicted octanol–water partition coefficient (Wildman–Crippen LogP) is 4.42. The first-order chi connectivity index (χ1) is 8.66. The number of rotatable bonds is 0. The van der Waals surface area contributed by atoms with E-state index in [2.05, 4.69) is 15.9 Å². The lowest BCUT2D eigenvalue weighted by Gasteiger charge is -1.95. The van der Waals surface area contributed by atoms with Gasteiger partial charge in [0.05, 0.1) is 0 Å². The van der Waals surface area contributed by atoms with Gasteiger partial charge < -0.3 is 0 Å². The van der Waals surface area contributed by atoms with Gasteiger partial charge in [0.15, 0.2) is 5.43 Å². The molecule has 0 atom stereocenters. The summed E-state index contributed by atoms with van der Waals surface area (Å²) in [6.07, 6.45) is 0. The molecule has 0 saturated carbocycles. The molecule has 0 aliphatic heterocycles. The van der Waals surface area contributed by atoms with Crippen molar-refractivity contribution in [3.05, 3.63) is 68.8 Å². The van der Waals surface area contributed by atoms with E-state index in [1.807, 2.05) is 55.5 Å². The number of hydrogen-bond donors (Lipinski definition) is 0. The Balaban J connectivity index is 2.66. The molecule has 0 amide bonds. The molecule has 3 rings (SSSR count). The summed E-state index contributed by atoms with van der Waals surface area (Å²) >= 11 is 3.50. The predicted molar refractivity (Wildman–Crippen MR) is 80.2 cm³/mol. The van der Waals surface area contributed by atoms with Crippen LogP contribution in [0, 0.1) is 6.92 Å². The smallest absolute Gasteiger partial charge is 0.194 e. The van der Waals surface area contributed by atoms with E-state index in [0.717, 1.165) is 31.6 Å². The van der Waals surface area contributed by atoms with E-state index in [-0.39, 0.29) is 5.43 Å². The molecule has 0 aliphatic rings. The molecule has 0 N–H and O–H groups in total. The molecule has 3 aromatic rings. The van der Waals surface area contributed by atoms with E-state index in [0.29, 0.717) is 0 Å². The van der Waals surface area contributed by atoms with Crippen molar-refractivity contribution in [2.45, 2.75) is 6.92 Å². The zero-order valence-corrected chi connectivity index (χ0v) is 11.5. The van der Waals surface area contributed by atoms with Gasteiger partial charge in [-0.15, -0.1) is 0 Å². The summed E-state index contributed by atoms with van der Waals surface area (Å²) in [5.41, 5.74) is 1.20. The van der Waals surface area contributed by atoms with Gasteiger partial charge in [-0.2, -0.15) is 0 Å². The Labute approximate surface area is 113 Å². The van der Waals surface area contributed by atoms with Gasteiger partial charge >= 0.3 is 0 Å². The second kappa shape index (κ2) is 4.21. The second-order valence-electron chi connectivity index (χ2n) is 4.45. The molecule has 3 aromatic carbocycles. The van der Waals surface area contributed by atoms with Gasteiger partial charge in [0, 0.05) is 15.2 Å². The molecule has 0 heterocycles. The average Bonchev–Trinajstić information content (AvgIpc) is 2.50. The molecule has 0 bridgehead atoms. The van der Waals surface area contributed by atoms with Gasteiger partial charge in [0.25, 0.3) is 0 Å². The molecule has 0 aromatic heterocycles. The van der Waals surface area contributed by atoms with E-state index in [1.165, 1.54) is 0 Å². The van der Waals surface area contributed by atoms with Crippen molar-refractivity contribution in [3.8, 4) is 0 Å².